The van der Waals surface area contributed by atoms with Gasteiger partial charge in [0.15, 0.2) is 16.7 Å². The first-order valence-electron chi connectivity index (χ1n) is 11.4. The number of methoxy groups -OCH3 is 1. The number of carbonyl (C=O) groups excluding carboxylic acids is 1. The van der Waals surface area contributed by atoms with Gasteiger partial charge < -0.3 is 9.47 Å². The first kappa shape index (κ1) is 25.1. The maximum Gasteiger partial charge on any atom is 0.267 e. The molecule has 1 amide bonds. The molecule has 0 N–H and O–H groups in total. The van der Waals surface area contributed by atoms with E-state index < -0.39 is 0 Å². The minimum Gasteiger partial charge on any atom is -0.493 e. The lowest BCUT2D eigenvalue weighted by atomic mass is 10.1. The molecule has 35 heavy (non-hydrogen) atoms. The molecule has 5 nitrogen and oxygen atoms in total. The Morgan fingerprint density at radius 1 is 1.03 bits per heavy atom. The zero-order chi connectivity index (χ0) is 24.6. The Bertz CT molecular complexity index is 1230. The van der Waals surface area contributed by atoms with Crippen LogP contribution in [0.4, 0.5) is 0 Å². The molecule has 180 valence electrons. The van der Waals surface area contributed by atoms with E-state index in [2.05, 4.69) is 22.9 Å². The summed E-state index contributed by atoms with van der Waals surface area (Å²) < 4.78 is 12.2. The zero-order valence-electron chi connectivity index (χ0n) is 19.7. The number of amidine groups is 1. The standard InChI is InChI=1S/C28H27BrN2O3S/c1-3-14-34-26-23(29)15-22(16-24(26)33-2)17-25-27(32)31(19-21-12-8-5-9-13-21)28(35-25)30-18-20-10-6-4-7-11-20/h4-13,15-17H,3,14,18-19H2,1-2H3/b25-17-,30-28?. The largest absolute Gasteiger partial charge is 0.493 e. The number of amides is 1. The molecule has 0 aliphatic carbocycles. The number of ether oxygens (including phenoxy) is 2. The van der Waals surface area contributed by atoms with E-state index in [0.717, 1.165) is 27.6 Å². The summed E-state index contributed by atoms with van der Waals surface area (Å²) >= 11 is 4.99. The molecular formula is C28H27BrN2O3S. The van der Waals surface area contributed by atoms with Gasteiger partial charge in [-0.15, -0.1) is 0 Å². The fourth-order valence-electron chi connectivity index (χ4n) is 3.59. The molecule has 0 atom stereocenters. The highest BCUT2D eigenvalue weighted by atomic mass is 79.9. The van der Waals surface area contributed by atoms with Crippen molar-refractivity contribution in [3.8, 4) is 11.5 Å². The van der Waals surface area contributed by atoms with Crippen molar-refractivity contribution < 1.29 is 14.3 Å². The molecule has 3 aromatic rings. The van der Waals surface area contributed by atoms with Crippen molar-refractivity contribution in [3.63, 3.8) is 0 Å². The zero-order valence-corrected chi connectivity index (χ0v) is 22.1. The quantitative estimate of drug-likeness (QED) is 0.271. The molecular weight excluding hydrogens is 524 g/mol. The third-order valence-corrected chi connectivity index (χ3v) is 6.94. The van der Waals surface area contributed by atoms with Crippen molar-refractivity contribution in [3.05, 3.63) is 98.9 Å². The molecule has 0 aromatic heterocycles. The van der Waals surface area contributed by atoms with E-state index >= 15 is 0 Å². The summed E-state index contributed by atoms with van der Waals surface area (Å²) in [7, 11) is 1.61. The van der Waals surface area contributed by atoms with Gasteiger partial charge in [0.05, 0.1) is 36.2 Å². The summed E-state index contributed by atoms with van der Waals surface area (Å²) in [6.45, 7) is 3.63. The lowest BCUT2D eigenvalue weighted by Crippen LogP contribution is -2.28. The first-order chi connectivity index (χ1) is 17.1. The van der Waals surface area contributed by atoms with E-state index in [4.69, 9.17) is 14.5 Å². The fraction of sp³-hybridized carbons (Fsp3) is 0.214. The summed E-state index contributed by atoms with van der Waals surface area (Å²) in [4.78, 5) is 20.6. The minimum atomic E-state index is -0.0629. The van der Waals surface area contributed by atoms with Crippen LogP contribution in [0.25, 0.3) is 6.08 Å². The molecule has 0 bridgehead atoms. The van der Waals surface area contributed by atoms with Gasteiger partial charge >= 0.3 is 0 Å². The smallest absolute Gasteiger partial charge is 0.267 e. The third kappa shape index (κ3) is 6.35. The molecule has 1 fully saturated rings. The Hall–Kier alpha value is -3.03. The van der Waals surface area contributed by atoms with Crippen LogP contribution in [-0.2, 0) is 17.9 Å². The third-order valence-electron chi connectivity index (χ3n) is 5.31. The van der Waals surface area contributed by atoms with Crippen LogP contribution < -0.4 is 9.47 Å². The van der Waals surface area contributed by atoms with Crippen molar-refractivity contribution in [2.24, 2.45) is 4.99 Å². The Morgan fingerprint density at radius 3 is 2.37 bits per heavy atom. The van der Waals surface area contributed by atoms with Gasteiger partial charge in [-0.05, 0) is 69.0 Å². The molecule has 3 aromatic carbocycles. The second kappa shape index (κ2) is 12.1. The average molecular weight is 552 g/mol. The van der Waals surface area contributed by atoms with Crippen molar-refractivity contribution in [2.45, 2.75) is 26.4 Å². The molecule has 0 unspecified atom stereocenters. The van der Waals surface area contributed by atoms with E-state index in [0.29, 0.717) is 41.3 Å². The summed E-state index contributed by atoms with van der Waals surface area (Å²) in [5, 5.41) is 0.697. The molecule has 1 saturated heterocycles. The first-order valence-corrected chi connectivity index (χ1v) is 13.0. The van der Waals surface area contributed by atoms with E-state index in [1.165, 1.54) is 11.8 Å². The van der Waals surface area contributed by atoms with Gasteiger partial charge in [0.2, 0.25) is 0 Å². The van der Waals surface area contributed by atoms with Gasteiger partial charge in [0, 0.05) is 0 Å². The van der Waals surface area contributed by atoms with Gasteiger partial charge in [0.25, 0.3) is 5.91 Å². The Labute approximate surface area is 219 Å². The number of rotatable bonds is 9. The maximum absolute atomic E-state index is 13.5. The van der Waals surface area contributed by atoms with Crippen LogP contribution in [-0.4, -0.2) is 29.7 Å². The highest BCUT2D eigenvalue weighted by Gasteiger charge is 2.33. The van der Waals surface area contributed by atoms with Gasteiger partial charge in [-0.1, -0.05) is 67.6 Å². The number of thioether (sulfide) groups is 1. The van der Waals surface area contributed by atoms with Crippen LogP contribution in [0, 0.1) is 0 Å². The molecule has 7 heteroatoms. The van der Waals surface area contributed by atoms with Crippen molar-refractivity contribution in [1.29, 1.82) is 0 Å². The van der Waals surface area contributed by atoms with Crippen LogP contribution in [0.15, 0.2) is 87.2 Å². The Morgan fingerprint density at radius 2 is 1.71 bits per heavy atom. The van der Waals surface area contributed by atoms with E-state index in [1.54, 1.807) is 12.0 Å². The van der Waals surface area contributed by atoms with Crippen LogP contribution in [0.1, 0.15) is 30.0 Å². The molecule has 0 saturated carbocycles. The molecule has 1 heterocycles. The van der Waals surface area contributed by atoms with Crippen LogP contribution >= 0.6 is 27.7 Å². The van der Waals surface area contributed by atoms with E-state index in [1.807, 2.05) is 78.9 Å². The molecule has 1 aliphatic rings. The lowest BCUT2D eigenvalue weighted by Gasteiger charge is -2.15. The molecule has 4 rings (SSSR count). The van der Waals surface area contributed by atoms with Gasteiger partial charge in [-0.25, -0.2) is 0 Å². The topological polar surface area (TPSA) is 51.1 Å². The number of benzene rings is 3. The number of hydrogen-bond donors (Lipinski definition) is 0. The summed E-state index contributed by atoms with van der Waals surface area (Å²) in [5.41, 5.74) is 3.00. The number of carbonyl (C=O) groups is 1. The minimum absolute atomic E-state index is 0.0629. The van der Waals surface area contributed by atoms with E-state index in [-0.39, 0.29) is 5.91 Å². The summed E-state index contributed by atoms with van der Waals surface area (Å²) in [5.74, 6) is 1.22. The maximum atomic E-state index is 13.5. The summed E-state index contributed by atoms with van der Waals surface area (Å²) in [6, 6.07) is 23.8. The van der Waals surface area contributed by atoms with E-state index in [9.17, 15) is 4.79 Å². The SMILES string of the molecule is CCCOc1c(Br)cc(/C=C2\SC(=NCc3ccccc3)N(Cc3ccccc3)C2=O)cc1OC. The number of halogens is 1. The number of hydrogen-bond acceptors (Lipinski definition) is 5. The second-order valence-corrected chi connectivity index (χ2v) is 9.82. The second-order valence-electron chi connectivity index (χ2n) is 7.95. The van der Waals surface area contributed by atoms with Gasteiger partial charge in [-0.3, -0.25) is 14.7 Å². The molecule has 1 aliphatic heterocycles. The predicted molar refractivity (Wildman–Crippen MR) is 147 cm³/mol. The Kier molecular flexibility index (Phi) is 8.66. The van der Waals surface area contributed by atoms with Crippen LogP contribution in [0.5, 0.6) is 11.5 Å². The normalized spacial score (nSPS) is 15.7. The Balaban J connectivity index is 1.65. The highest BCUT2D eigenvalue weighted by Crippen LogP contribution is 2.39. The molecule has 0 radical (unpaired) electrons. The van der Waals surface area contributed by atoms with Gasteiger partial charge in [-0.2, -0.15) is 0 Å². The van der Waals surface area contributed by atoms with Gasteiger partial charge in [0.1, 0.15) is 0 Å². The predicted octanol–water partition coefficient (Wildman–Crippen LogP) is 6.92. The van der Waals surface area contributed by atoms with Crippen molar-refractivity contribution >= 4 is 44.8 Å². The van der Waals surface area contributed by atoms with Crippen LogP contribution in [0.2, 0.25) is 0 Å². The fourth-order valence-corrected chi connectivity index (χ4v) is 5.14. The highest BCUT2D eigenvalue weighted by molar-refractivity contribution is 9.10. The summed E-state index contributed by atoms with van der Waals surface area (Å²) in [6.07, 6.45) is 2.78. The van der Waals surface area contributed by atoms with Crippen molar-refractivity contribution in [1.82, 2.24) is 4.90 Å². The number of aliphatic imine (C=N–C) groups is 1. The number of nitrogens with zero attached hydrogens (tertiary/aromatic N) is 2. The average Bonchev–Trinajstić information content (AvgIpc) is 3.17. The molecule has 0 spiro atoms. The van der Waals surface area contributed by atoms with Crippen molar-refractivity contribution in [2.75, 3.05) is 13.7 Å². The lowest BCUT2D eigenvalue weighted by molar-refractivity contribution is -0.122. The van der Waals surface area contributed by atoms with Crippen LogP contribution in [0.3, 0.4) is 0 Å². The monoisotopic (exact) mass is 550 g/mol.